The molecular formula is C24H36N3O3P. The van der Waals surface area contributed by atoms with Crippen molar-refractivity contribution in [3.8, 4) is 0 Å². The van der Waals surface area contributed by atoms with Crippen molar-refractivity contribution in [3.63, 3.8) is 0 Å². The number of hydrogen-bond donors (Lipinski definition) is 2. The van der Waals surface area contributed by atoms with Crippen LogP contribution in [-0.2, 0) is 4.57 Å². The van der Waals surface area contributed by atoms with Crippen molar-refractivity contribution < 1.29 is 14.4 Å². The summed E-state index contributed by atoms with van der Waals surface area (Å²) in [5, 5.41) is 0. The summed E-state index contributed by atoms with van der Waals surface area (Å²) in [5.41, 5.74) is 1.74. The Morgan fingerprint density at radius 1 is 0.806 bits per heavy atom. The molecule has 3 heterocycles. The van der Waals surface area contributed by atoms with Gasteiger partial charge in [0, 0.05) is 24.2 Å². The van der Waals surface area contributed by atoms with Crippen LogP contribution in [0.15, 0.2) is 29.3 Å². The van der Waals surface area contributed by atoms with Crippen LogP contribution in [0.2, 0.25) is 0 Å². The first-order chi connectivity index (χ1) is 15.0. The third-order valence-corrected chi connectivity index (χ3v) is 8.95. The molecule has 7 heteroatoms. The van der Waals surface area contributed by atoms with Crippen LogP contribution in [0.1, 0.15) is 77.0 Å². The first kappa shape index (κ1) is 21.6. The molecule has 1 aromatic rings. The van der Waals surface area contributed by atoms with Crippen molar-refractivity contribution in [2.75, 3.05) is 11.4 Å². The molecule has 2 bridgehead atoms. The van der Waals surface area contributed by atoms with Gasteiger partial charge in [0.25, 0.3) is 0 Å². The normalized spacial score (nSPS) is 30.8. The number of rotatable bonds is 3. The highest BCUT2D eigenvalue weighted by atomic mass is 31.2. The molecule has 170 valence electrons. The molecule has 1 aromatic carbocycles. The van der Waals surface area contributed by atoms with Gasteiger partial charge in [-0.05, 0) is 50.7 Å². The molecule has 6 nitrogen and oxygen atoms in total. The number of hydrogen-bond acceptors (Lipinski definition) is 4. The van der Waals surface area contributed by atoms with Crippen LogP contribution in [-0.4, -0.2) is 50.9 Å². The van der Waals surface area contributed by atoms with Gasteiger partial charge >= 0.3 is 7.60 Å². The summed E-state index contributed by atoms with van der Waals surface area (Å²) in [6, 6.07) is 10.1. The summed E-state index contributed by atoms with van der Waals surface area (Å²) in [5.74, 6) is 0. The van der Waals surface area contributed by atoms with E-state index in [2.05, 4.69) is 20.9 Å². The Labute approximate surface area is 185 Å². The van der Waals surface area contributed by atoms with Crippen molar-refractivity contribution in [1.29, 1.82) is 0 Å². The summed E-state index contributed by atoms with van der Waals surface area (Å²) in [7, 11) is -4.35. The van der Waals surface area contributed by atoms with Crippen molar-refractivity contribution >= 4 is 24.4 Å². The smallest absolute Gasteiger partial charge is 0.360 e. The zero-order chi connectivity index (χ0) is 21.4. The van der Waals surface area contributed by atoms with Gasteiger partial charge in [-0.2, -0.15) is 0 Å². The molecule has 3 aliphatic heterocycles. The highest BCUT2D eigenvalue weighted by Gasteiger charge is 2.44. The minimum Gasteiger partial charge on any atom is -0.360 e. The number of aliphatic imine (C=N–C) groups is 1. The molecule has 0 amide bonds. The lowest BCUT2D eigenvalue weighted by atomic mass is 9.78. The van der Waals surface area contributed by atoms with Crippen LogP contribution in [0.3, 0.4) is 0 Å². The average molecular weight is 446 g/mol. The molecule has 5 rings (SSSR count). The highest BCUT2D eigenvalue weighted by Crippen LogP contribution is 2.47. The summed E-state index contributed by atoms with van der Waals surface area (Å²) in [4.78, 5) is 29.2. The lowest BCUT2D eigenvalue weighted by Crippen LogP contribution is -2.60. The first-order valence-electron chi connectivity index (χ1n) is 12.3. The van der Waals surface area contributed by atoms with Crippen LogP contribution < -0.4 is 4.90 Å². The second kappa shape index (κ2) is 8.97. The summed E-state index contributed by atoms with van der Waals surface area (Å²) in [6.45, 7) is 0.245. The van der Waals surface area contributed by atoms with Gasteiger partial charge in [-0.1, -0.05) is 50.7 Å². The summed E-state index contributed by atoms with van der Waals surface area (Å²) >= 11 is 0. The van der Waals surface area contributed by atoms with E-state index in [0.29, 0.717) is 23.8 Å². The Balaban J connectivity index is 1.39. The fourth-order valence-corrected chi connectivity index (χ4v) is 7.24. The lowest BCUT2D eigenvalue weighted by molar-refractivity contribution is -0.0144. The SMILES string of the molecule is O=P(O)(O)C1=Nc2ccccc2N([C@H]2C[C@H]3CCC[C@@H](C2)N3C2CCCCCCC2)C1. The second-order valence-corrected chi connectivity index (χ2v) is 11.6. The van der Waals surface area contributed by atoms with E-state index in [1.165, 1.54) is 64.2 Å². The molecule has 0 spiro atoms. The molecule has 0 aromatic heterocycles. The van der Waals surface area contributed by atoms with E-state index >= 15 is 0 Å². The maximum atomic E-state index is 12.1. The van der Waals surface area contributed by atoms with Crippen molar-refractivity contribution in [3.05, 3.63) is 24.3 Å². The summed E-state index contributed by atoms with van der Waals surface area (Å²) in [6.07, 6.45) is 15.6. The lowest BCUT2D eigenvalue weighted by Gasteiger charge is -2.55. The van der Waals surface area contributed by atoms with Crippen LogP contribution in [0.4, 0.5) is 11.4 Å². The second-order valence-electron chi connectivity index (χ2n) is 10.00. The standard InChI is InChI=1S/C24H36N3O3P/c28-31(29,30)24-17-26(23-14-7-6-13-22(23)25-24)21-15-19-11-8-12-20(16-21)27(19)18-9-4-2-1-3-5-10-18/h6-7,13-14,18-21H,1-5,8-12,15-17H2,(H2,28,29,30)/t19-,20+,21+. The summed E-state index contributed by atoms with van der Waals surface area (Å²) < 4.78 is 12.1. The van der Waals surface area contributed by atoms with Crippen molar-refractivity contribution in [2.24, 2.45) is 4.99 Å². The topological polar surface area (TPSA) is 76.4 Å². The maximum Gasteiger partial charge on any atom is 0.372 e. The molecule has 1 saturated carbocycles. The predicted molar refractivity (Wildman–Crippen MR) is 125 cm³/mol. The molecule has 2 saturated heterocycles. The minimum atomic E-state index is -4.35. The zero-order valence-electron chi connectivity index (χ0n) is 18.4. The number of para-hydroxylation sites is 2. The maximum absolute atomic E-state index is 12.1. The Morgan fingerprint density at radius 2 is 1.42 bits per heavy atom. The van der Waals surface area contributed by atoms with Gasteiger partial charge in [0.1, 0.15) is 5.45 Å². The van der Waals surface area contributed by atoms with Crippen molar-refractivity contribution in [1.82, 2.24) is 4.90 Å². The van der Waals surface area contributed by atoms with Gasteiger partial charge in [0.15, 0.2) is 0 Å². The van der Waals surface area contributed by atoms with E-state index in [1.54, 1.807) is 0 Å². The number of benzene rings is 1. The Bertz CT molecular complexity index is 847. The van der Waals surface area contributed by atoms with Gasteiger partial charge < -0.3 is 14.7 Å². The van der Waals surface area contributed by atoms with Crippen LogP contribution >= 0.6 is 7.60 Å². The number of nitrogens with zero attached hydrogens (tertiary/aromatic N) is 3. The molecular weight excluding hydrogens is 409 g/mol. The number of fused-ring (bicyclic) bond motifs is 3. The molecule has 3 atom stereocenters. The minimum absolute atomic E-state index is 0.0128. The third kappa shape index (κ3) is 4.50. The molecule has 0 unspecified atom stereocenters. The predicted octanol–water partition coefficient (Wildman–Crippen LogP) is 5.21. The monoisotopic (exact) mass is 445 g/mol. The Kier molecular flexibility index (Phi) is 6.26. The number of piperidine rings is 2. The average Bonchev–Trinajstić information content (AvgIpc) is 2.71. The Hall–Kier alpha value is -1.20. The van der Waals surface area contributed by atoms with Gasteiger partial charge in [-0.25, -0.2) is 4.99 Å². The van der Waals surface area contributed by atoms with Crippen LogP contribution in [0, 0.1) is 0 Å². The van der Waals surface area contributed by atoms with E-state index in [1.807, 2.05) is 18.2 Å². The fourth-order valence-electron chi connectivity index (χ4n) is 6.67. The quantitative estimate of drug-likeness (QED) is 0.625. The molecule has 3 fully saturated rings. The van der Waals surface area contributed by atoms with E-state index in [-0.39, 0.29) is 12.0 Å². The molecule has 1 aliphatic carbocycles. The molecule has 31 heavy (non-hydrogen) atoms. The zero-order valence-corrected chi connectivity index (χ0v) is 19.3. The fraction of sp³-hybridized carbons (Fsp3) is 0.708. The third-order valence-electron chi connectivity index (χ3n) is 8.03. The van der Waals surface area contributed by atoms with Gasteiger partial charge in [0.05, 0.1) is 17.9 Å². The van der Waals surface area contributed by atoms with Crippen LogP contribution in [0.25, 0.3) is 0 Å². The molecule has 2 N–H and O–H groups in total. The highest BCUT2D eigenvalue weighted by molar-refractivity contribution is 7.70. The number of anilines is 1. The van der Waals surface area contributed by atoms with Gasteiger partial charge in [0.2, 0.25) is 0 Å². The molecule has 0 radical (unpaired) electrons. The van der Waals surface area contributed by atoms with E-state index in [0.717, 1.165) is 24.6 Å². The van der Waals surface area contributed by atoms with Crippen molar-refractivity contribution in [2.45, 2.75) is 101 Å². The van der Waals surface area contributed by atoms with E-state index < -0.39 is 7.60 Å². The van der Waals surface area contributed by atoms with Gasteiger partial charge in [-0.3, -0.25) is 9.46 Å². The van der Waals surface area contributed by atoms with Crippen LogP contribution in [0.5, 0.6) is 0 Å². The largest absolute Gasteiger partial charge is 0.372 e. The van der Waals surface area contributed by atoms with E-state index in [4.69, 9.17) is 0 Å². The van der Waals surface area contributed by atoms with Gasteiger partial charge in [-0.15, -0.1) is 0 Å². The van der Waals surface area contributed by atoms with E-state index in [9.17, 15) is 14.4 Å². The molecule has 4 aliphatic rings. The Morgan fingerprint density at radius 3 is 2.10 bits per heavy atom. The first-order valence-corrected chi connectivity index (χ1v) is 13.9.